The van der Waals surface area contributed by atoms with E-state index < -0.39 is 9.84 Å². The van der Waals surface area contributed by atoms with E-state index in [0.29, 0.717) is 4.90 Å². The van der Waals surface area contributed by atoms with Crippen LogP contribution in [0.25, 0.3) is 11.3 Å². The van der Waals surface area contributed by atoms with Crippen molar-refractivity contribution < 1.29 is 8.42 Å². The number of rotatable bonds is 10. The maximum absolute atomic E-state index is 11.4. The second-order valence-electron chi connectivity index (χ2n) is 10.3. The molecule has 0 aliphatic heterocycles. The first kappa shape index (κ1) is 34.2. The lowest BCUT2D eigenvalue weighted by Crippen LogP contribution is -1.97. The van der Waals surface area contributed by atoms with Gasteiger partial charge in [0.05, 0.1) is 10.6 Å². The molecule has 0 saturated heterocycles. The van der Waals surface area contributed by atoms with Crippen molar-refractivity contribution in [3.8, 4) is 11.3 Å². The minimum atomic E-state index is -3.17. The number of hydrogen-bond acceptors (Lipinski definition) is 5. The largest absolute Gasteiger partial charge is 0.296 e. The van der Waals surface area contributed by atoms with Crippen molar-refractivity contribution in [1.29, 1.82) is 0 Å². The van der Waals surface area contributed by atoms with Gasteiger partial charge >= 0.3 is 0 Å². The molecule has 1 saturated carbocycles. The lowest BCUT2D eigenvalue weighted by atomic mass is 10.0. The third kappa shape index (κ3) is 13.7. The Morgan fingerprint density at radius 1 is 1.15 bits per heavy atom. The Hall–Kier alpha value is -2.86. The van der Waals surface area contributed by atoms with E-state index in [2.05, 4.69) is 55.3 Å². The number of benzene rings is 1. The van der Waals surface area contributed by atoms with Crippen LogP contribution in [0.3, 0.4) is 0 Å². The fourth-order valence-electron chi connectivity index (χ4n) is 4.00. The molecule has 2 aromatic rings. The van der Waals surface area contributed by atoms with Gasteiger partial charge in [-0.25, -0.2) is 8.42 Å². The summed E-state index contributed by atoms with van der Waals surface area (Å²) in [6.45, 7) is 16.5. The number of aryl methyl sites for hydroxylation is 1. The van der Waals surface area contributed by atoms with Gasteiger partial charge in [-0.3, -0.25) is 15.0 Å². The molecule has 0 atom stereocenters. The third-order valence-electron chi connectivity index (χ3n) is 6.37. The van der Waals surface area contributed by atoms with Crippen LogP contribution in [0.4, 0.5) is 0 Å². The van der Waals surface area contributed by atoms with E-state index in [1.165, 1.54) is 50.4 Å². The van der Waals surface area contributed by atoms with Crippen LogP contribution in [0.1, 0.15) is 84.3 Å². The van der Waals surface area contributed by atoms with Gasteiger partial charge in [-0.1, -0.05) is 71.2 Å². The highest BCUT2D eigenvalue weighted by Gasteiger charge is 2.23. The Labute approximate surface area is 238 Å². The Kier molecular flexibility index (Phi) is 15.5. The molecule has 6 heteroatoms. The van der Waals surface area contributed by atoms with Gasteiger partial charge in [-0.05, 0) is 80.3 Å². The fourth-order valence-corrected chi connectivity index (χ4v) is 4.63. The van der Waals surface area contributed by atoms with Crippen LogP contribution in [0.5, 0.6) is 0 Å². The summed E-state index contributed by atoms with van der Waals surface area (Å²) in [5.41, 5.74) is 5.98. The number of hydrogen-bond donors (Lipinski definition) is 0. The molecule has 214 valence electrons. The zero-order valence-corrected chi connectivity index (χ0v) is 26.2. The van der Waals surface area contributed by atoms with Crippen LogP contribution in [-0.4, -0.2) is 39.1 Å². The Bertz CT molecular complexity index is 1220. The average Bonchev–Trinajstić information content (AvgIpc) is 3.72. The average molecular weight is 552 g/mol. The van der Waals surface area contributed by atoms with Gasteiger partial charge in [0.2, 0.25) is 0 Å². The zero-order valence-electron chi connectivity index (χ0n) is 25.4. The van der Waals surface area contributed by atoms with Gasteiger partial charge in [0.15, 0.2) is 9.84 Å². The normalized spacial score (nSPS) is 13.7. The molecule has 0 spiro atoms. The molecule has 1 aliphatic carbocycles. The predicted molar refractivity (Wildman–Crippen MR) is 170 cm³/mol. The Morgan fingerprint density at radius 3 is 2.18 bits per heavy atom. The zero-order chi connectivity index (χ0) is 29.4. The van der Waals surface area contributed by atoms with Crippen molar-refractivity contribution >= 4 is 22.3 Å². The minimum absolute atomic E-state index is 0.309. The molecule has 0 unspecified atom stereocenters. The van der Waals surface area contributed by atoms with Crippen molar-refractivity contribution in [2.24, 2.45) is 21.8 Å². The fraction of sp³-hybridized carbons (Fsp3) is 0.485. The topological polar surface area (TPSA) is 71.8 Å². The first-order valence-electron chi connectivity index (χ1n) is 14.0. The van der Waals surface area contributed by atoms with Crippen LogP contribution >= 0.6 is 0 Å². The molecule has 0 bridgehead atoms. The van der Waals surface area contributed by atoms with Gasteiger partial charge in [0.1, 0.15) is 0 Å². The molecule has 1 heterocycles. The molecule has 0 N–H and O–H groups in total. The van der Waals surface area contributed by atoms with Crippen molar-refractivity contribution in [3.63, 3.8) is 0 Å². The van der Waals surface area contributed by atoms with Crippen LogP contribution in [0.15, 0.2) is 75.3 Å². The van der Waals surface area contributed by atoms with Gasteiger partial charge < -0.3 is 0 Å². The summed E-state index contributed by atoms with van der Waals surface area (Å²) in [7, 11) is -1.44. The van der Waals surface area contributed by atoms with E-state index in [9.17, 15) is 8.42 Å². The van der Waals surface area contributed by atoms with Crippen LogP contribution in [0.2, 0.25) is 0 Å². The quantitative estimate of drug-likeness (QED) is 0.277. The third-order valence-corrected chi connectivity index (χ3v) is 7.50. The van der Waals surface area contributed by atoms with Crippen LogP contribution in [0, 0.1) is 18.8 Å². The molecule has 39 heavy (non-hydrogen) atoms. The minimum Gasteiger partial charge on any atom is -0.296 e. The molecule has 3 rings (SSSR count). The van der Waals surface area contributed by atoms with Crippen LogP contribution < -0.4 is 0 Å². The first-order chi connectivity index (χ1) is 18.5. The van der Waals surface area contributed by atoms with E-state index >= 15 is 0 Å². The van der Waals surface area contributed by atoms with E-state index in [1.54, 1.807) is 43.7 Å². The van der Waals surface area contributed by atoms with Gasteiger partial charge in [-0.15, -0.1) is 0 Å². The van der Waals surface area contributed by atoms with E-state index in [1.807, 2.05) is 26.1 Å². The molecule has 5 nitrogen and oxygen atoms in total. The number of aromatic nitrogens is 1. The summed E-state index contributed by atoms with van der Waals surface area (Å²) < 4.78 is 22.9. The number of nitrogens with zero attached hydrogens (tertiary/aromatic N) is 3. The maximum atomic E-state index is 11.4. The molecule has 1 fully saturated rings. The smallest absolute Gasteiger partial charge is 0.175 e. The SMILES string of the molecule is C=C(C)N=C/C(=C\C)C1CC1.CCCC(C)CCC.CN=Cc1cc(-c2ccc(S(C)(=O)=O)cc2)ncc1C. The van der Waals surface area contributed by atoms with Crippen molar-refractivity contribution in [1.82, 2.24) is 4.98 Å². The summed E-state index contributed by atoms with van der Waals surface area (Å²) in [6.07, 6.45) is 17.0. The molecular weight excluding hydrogens is 502 g/mol. The van der Waals surface area contributed by atoms with Gasteiger partial charge in [-0.2, -0.15) is 0 Å². The predicted octanol–water partition coefficient (Wildman–Crippen LogP) is 8.68. The maximum Gasteiger partial charge on any atom is 0.175 e. The molecule has 0 amide bonds. The van der Waals surface area contributed by atoms with Crippen molar-refractivity contribution in [3.05, 3.63) is 71.6 Å². The second-order valence-corrected chi connectivity index (χ2v) is 12.4. The number of pyridine rings is 1. The van der Waals surface area contributed by atoms with E-state index in [0.717, 1.165) is 39.9 Å². The van der Waals surface area contributed by atoms with Gasteiger partial charge in [0.25, 0.3) is 0 Å². The monoisotopic (exact) mass is 551 g/mol. The Morgan fingerprint density at radius 2 is 1.74 bits per heavy atom. The van der Waals surface area contributed by atoms with Gasteiger partial charge in [0, 0.05) is 43.2 Å². The first-order valence-corrected chi connectivity index (χ1v) is 15.9. The lowest BCUT2D eigenvalue weighted by Gasteiger charge is -2.05. The highest BCUT2D eigenvalue weighted by atomic mass is 32.2. The van der Waals surface area contributed by atoms with Crippen molar-refractivity contribution in [2.75, 3.05) is 13.3 Å². The molecule has 0 radical (unpaired) electrons. The number of aliphatic imine (C=N–C) groups is 2. The standard InChI is InChI=1S/C15H16N2O2S.C10H15N.C8H18/c1-11-9-17-15(8-13(11)10-16-2)12-4-6-14(7-5-12)20(3,18)19;1-4-9(10-5-6-10)7-11-8(2)3;1-4-6-8(3)7-5-2/h4-10H,1-3H3;4,7,10H,2,5-6H2,1,3H3;8H,4-7H2,1-3H3/b;9-4+,11-7?;. The van der Waals surface area contributed by atoms with Crippen molar-refractivity contribution in [2.45, 2.75) is 85.0 Å². The summed E-state index contributed by atoms with van der Waals surface area (Å²) >= 11 is 0. The molecule has 1 aromatic carbocycles. The second kappa shape index (κ2) is 17.7. The molecule has 1 aromatic heterocycles. The highest BCUT2D eigenvalue weighted by molar-refractivity contribution is 7.90. The van der Waals surface area contributed by atoms with Crippen LogP contribution in [-0.2, 0) is 9.84 Å². The number of allylic oxidation sites excluding steroid dienone is 3. The molecular formula is C33H49N3O2S. The number of sulfone groups is 1. The van der Waals surface area contributed by atoms with E-state index in [4.69, 9.17) is 0 Å². The summed E-state index contributed by atoms with van der Waals surface area (Å²) in [4.78, 5) is 12.9. The summed E-state index contributed by atoms with van der Waals surface area (Å²) in [6, 6.07) is 8.67. The molecule has 1 aliphatic rings. The summed E-state index contributed by atoms with van der Waals surface area (Å²) in [5.74, 6) is 1.76. The lowest BCUT2D eigenvalue weighted by molar-refractivity contribution is 0.480. The van der Waals surface area contributed by atoms with E-state index in [-0.39, 0.29) is 0 Å². The summed E-state index contributed by atoms with van der Waals surface area (Å²) in [5, 5.41) is 0. The Balaban J connectivity index is 0.000000336. The highest BCUT2D eigenvalue weighted by Crippen LogP contribution is 2.35.